The molecule has 0 radical (unpaired) electrons. The number of hydrogen-bond acceptors (Lipinski definition) is 2. The molecule has 0 saturated heterocycles. The average Bonchev–Trinajstić information content (AvgIpc) is 2.48. The first-order valence-electron chi connectivity index (χ1n) is 7.11. The molecule has 2 aromatic rings. The van der Waals surface area contributed by atoms with Crippen LogP contribution in [-0.4, -0.2) is 19.8 Å². The van der Waals surface area contributed by atoms with Gasteiger partial charge in [-0.05, 0) is 30.5 Å². The molecule has 2 heteroatoms. The molecule has 0 heterocycles. The Balaban J connectivity index is 2.04. The quantitative estimate of drug-likeness (QED) is 0.854. The predicted octanol–water partition coefficient (Wildman–Crippen LogP) is 4.04. The lowest BCUT2D eigenvalue weighted by Crippen LogP contribution is -2.32. The van der Waals surface area contributed by atoms with Crippen LogP contribution in [0, 0.1) is 0 Å². The van der Waals surface area contributed by atoms with Crippen LogP contribution in [-0.2, 0) is 4.74 Å². The van der Waals surface area contributed by atoms with Crippen molar-refractivity contribution in [1.82, 2.24) is 5.32 Å². The maximum Gasteiger partial charge on any atom is 0.0613 e. The van der Waals surface area contributed by atoms with Gasteiger partial charge < -0.3 is 10.1 Å². The molecule has 0 saturated carbocycles. The van der Waals surface area contributed by atoms with Crippen LogP contribution in [0.3, 0.4) is 0 Å². The van der Waals surface area contributed by atoms with Gasteiger partial charge in [-0.2, -0.15) is 0 Å². The summed E-state index contributed by atoms with van der Waals surface area (Å²) in [5, 5.41) is 3.53. The molecule has 0 aliphatic carbocycles. The van der Waals surface area contributed by atoms with E-state index in [2.05, 4.69) is 67.7 Å². The van der Waals surface area contributed by atoms with Crippen molar-refractivity contribution >= 4 is 0 Å². The lowest BCUT2D eigenvalue weighted by Gasteiger charge is -2.20. The predicted molar refractivity (Wildman–Crippen MR) is 84.8 cm³/mol. The van der Waals surface area contributed by atoms with Gasteiger partial charge in [0.05, 0.1) is 6.61 Å². The molecule has 0 aliphatic heterocycles. The molecule has 0 bridgehead atoms. The fourth-order valence-corrected chi connectivity index (χ4v) is 2.42. The minimum Gasteiger partial charge on any atom is -0.383 e. The summed E-state index contributed by atoms with van der Waals surface area (Å²) in [7, 11) is 1.73. The maximum atomic E-state index is 5.15. The number of ether oxygens (including phenoxy) is 1. The van der Waals surface area contributed by atoms with Crippen molar-refractivity contribution in [1.29, 1.82) is 0 Å². The minimum absolute atomic E-state index is 0.324. The molecule has 0 aliphatic rings. The van der Waals surface area contributed by atoms with Crippen LogP contribution in [0.25, 0.3) is 11.1 Å². The molecule has 2 rings (SSSR count). The molecule has 0 amide bonds. The Morgan fingerprint density at radius 2 is 1.50 bits per heavy atom. The maximum absolute atomic E-state index is 5.15. The summed E-state index contributed by atoms with van der Waals surface area (Å²) >= 11 is 0. The van der Waals surface area contributed by atoms with E-state index in [1.54, 1.807) is 7.11 Å². The Hall–Kier alpha value is -1.64. The van der Waals surface area contributed by atoms with E-state index in [-0.39, 0.29) is 0 Å². The number of benzene rings is 2. The van der Waals surface area contributed by atoms with Crippen molar-refractivity contribution in [2.24, 2.45) is 0 Å². The smallest absolute Gasteiger partial charge is 0.0613 e. The van der Waals surface area contributed by atoms with Gasteiger partial charge in [-0.1, -0.05) is 54.6 Å². The summed E-state index contributed by atoms with van der Waals surface area (Å²) < 4.78 is 5.15. The molecule has 2 nitrogen and oxygen atoms in total. The van der Waals surface area contributed by atoms with E-state index in [0.717, 1.165) is 6.61 Å². The van der Waals surface area contributed by atoms with Crippen LogP contribution in [0.1, 0.15) is 25.5 Å². The van der Waals surface area contributed by atoms with Crippen molar-refractivity contribution < 1.29 is 4.74 Å². The third-order valence-electron chi connectivity index (χ3n) is 3.47. The fraction of sp³-hybridized carbons (Fsp3) is 0.333. The summed E-state index contributed by atoms with van der Waals surface area (Å²) in [6.45, 7) is 5.05. The van der Waals surface area contributed by atoms with Gasteiger partial charge in [0, 0.05) is 19.2 Å². The third-order valence-corrected chi connectivity index (χ3v) is 3.47. The Bertz CT molecular complexity index is 507. The molecule has 0 fully saturated rings. The lowest BCUT2D eigenvalue weighted by atomic mass is 10.0. The molecule has 106 valence electrons. The highest BCUT2D eigenvalue weighted by Crippen LogP contribution is 2.21. The van der Waals surface area contributed by atoms with E-state index in [9.17, 15) is 0 Å². The SMILES string of the molecule is COCC(C)NC(C)c1ccc(-c2ccccc2)cc1. The van der Waals surface area contributed by atoms with E-state index >= 15 is 0 Å². The highest BCUT2D eigenvalue weighted by molar-refractivity contribution is 5.63. The summed E-state index contributed by atoms with van der Waals surface area (Å²) in [4.78, 5) is 0. The zero-order valence-corrected chi connectivity index (χ0v) is 12.5. The molecular weight excluding hydrogens is 246 g/mol. The van der Waals surface area contributed by atoms with E-state index in [1.165, 1.54) is 16.7 Å². The van der Waals surface area contributed by atoms with Crippen LogP contribution in [0.5, 0.6) is 0 Å². The number of rotatable bonds is 6. The van der Waals surface area contributed by atoms with E-state index in [4.69, 9.17) is 4.74 Å². The van der Waals surface area contributed by atoms with Gasteiger partial charge in [0.15, 0.2) is 0 Å². The van der Waals surface area contributed by atoms with Gasteiger partial charge in [0.1, 0.15) is 0 Å². The molecular formula is C18H23NO. The minimum atomic E-state index is 0.324. The van der Waals surface area contributed by atoms with Gasteiger partial charge in [0.25, 0.3) is 0 Å². The second-order valence-corrected chi connectivity index (χ2v) is 5.23. The van der Waals surface area contributed by atoms with Crippen molar-refractivity contribution in [2.45, 2.75) is 25.9 Å². The summed E-state index contributed by atoms with van der Waals surface area (Å²) in [6.07, 6.45) is 0. The molecule has 2 aromatic carbocycles. The first-order chi connectivity index (χ1) is 9.70. The van der Waals surface area contributed by atoms with Gasteiger partial charge in [-0.25, -0.2) is 0 Å². The molecule has 2 unspecified atom stereocenters. The van der Waals surface area contributed by atoms with Crippen molar-refractivity contribution in [3.8, 4) is 11.1 Å². The Morgan fingerprint density at radius 1 is 0.900 bits per heavy atom. The summed E-state index contributed by atoms with van der Waals surface area (Å²) in [6, 6.07) is 19.9. The highest BCUT2D eigenvalue weighted by atomic mass is 16.5. The number of methoxy groups -OCH3 is 1. The standard InChI is InChI=1S/C18H23NO/c1-14(13-20-3)19-15(2)16-9-11-18(12-10-16)17-7-5-4-6-8-17/h4-12,14-15,19H,13H2,1-3H3. The molecule has 0 spiro atoms. The van der Waals surface area contributed by atoms with E-state index in [1.807, 2.05) is 6.07 Å². The normalized spacial score (nSPS) is 13.9. The summed E-state index contributed by atoms with van der Waals surface area (Å²) in [5.74, 6) is 0. The van der Waals surface area contributed by atoms with Crippen LogP contribution in [0.4, 0.5) is 0 Å². The highest BCUT2D eigenvalue weighted by Gasteiger charge is 2.09. The van der Waals surface area contributed by atoms with Crippen molar-refractivity contribution in [3.63, 3.8) is 0 Å². The average molecular weight is 269 g/mol. The Kier molecular flexibility index (Phi) is 5.33. The summed E-state index contributed by atoms with van der Waals surface area (Å²) in [5.41, 5.74) is 3.81. The molecule has 1 N–H and O–H groups in total. The lowest BCUT2D eigenvalue weighted by molar-refractivity contribution is 0.168. The third kappa shape index (κ3) is 3.92. The topological polar surface area (TPSA) is 21.3 Å². The zero-order valence-electron chi connectivity index (χ0n) is 12.5. The zero-order chi connectivity index (χ0) is 14.4. The Labute approximate surface area is 121 Å². The van der Waals surface area contributed by atoms with Gasteiger partial charge >= 0.3 is 0 Å². The first-order valence-corrected chi connectivity index (χ1v) is 7.11. The second kappa shape index (κ2) is 7.22. The van der Waals surface area contributed by atoms with Gasteiger partial charge in [-0.15, -0.1) is 0 Å². The number of hydrogen-bond donors (Lipinski definition) is 1. The van der Waals surface area contributed by atoms with Crippen molar-refractivity contribution in [3.05, 3.63) is 60.2 Å². The molecule has 20 heavy (non-hydrogen) atoms. The largest absolute Gasteiger partial charge is 0.383 e. The monoisotopic (exact) mass is 269 g/mol. The first kappa shape index (κ1) is 14.8. The van der Waals surface area contributed by atoms with Crippen LogP contribution < -0.4 is 5.32 Å². The van der Waals surface area contributed by atoms with E-state index in [0.29, 0.717) is 12.1 Å². The van der Waals surface area contributed by atoms with Gasteiger partial charge in [0.2, 0.25) is 0 Å². The molecule has 2 atom stereocenters. The number of nitrogens with one attached hydrogen (secondary N) is 1. The van der Waals surface area contributed by atoms with E-state index < -0.39 is 0 Å². The van der Waals surface area contributed by atoms with Crippen LogP contribution in [0.15, 0.2) is 54.6 Å². The van der Waals surface area contributed by atoms with Gasteiger partial charge in [-0.3, -0.25) is 0 Å². The molecule has 0 aromatic heterocycles. The van der Waals surface area contributed by atoms with Crippen LogP contribution >= 0.6 is 0 Å². The van der Waals surface area contributed by atoms with Crippen LogP contribution in [0.2, 0.25) is 0 Å². The second-order valence-electron chi connectivity index (χ2n) is 5.23. The van der Waals surface area contributed by atoms with Crippen molar-refractivity contribution in [2.75, 3.05) is 13.7 Å². The Morgan fingerprint density at radius 3 is 2.10 bits per heavy atom. The fourth-order valence-electron chi connectivity index (χ4n) is 2.42.